The summed E-state index contributed by atoms with van der Waals surface area (Å²) < 4.78 is 33.5. The number of morpholine rings is 1. The van der Waals surface area contributed by atoms with Crippen molar-refractivity contribution in [3.63, 3.8) is 0 Å². The Balaban J connectivity index is 1.57. The lowest BCUT2D eigenvalue weighted by Crippen LogP contribution is -2.54. The van der Waals surface area contributed by atoms with E-state index in [-0.39, 0.29) is 0 Å². The predicted molar refractivity (Wildman–Crippen MR) is 92.4 cm³/mol. The van der Waals surface area contributed by atoms with Crippen LogP contribution in [0.3, 0.4) is 0 Å². The van der Waals surface area contributed by atoms with E-state index in [1.807, 2.05) is 0 Å². The highest BCUT2D eigenvalue weighted by molar-refractivity contribution is 7.86. The first-order chi connectivity index (χ1) is 11.4. The third-order valence-corrected chi connectivity index (χ3v) is 6.61. The van der Waals surface area contributed by atoms with Gasteiger partial charge in [-0.1, -0.05) is 23.2 Å². The van der Waals surface area contributed by atoms with Gasteiger partial charge in [0.2, 0.25) is 0 Å². The van der Waals surface area contributed by atoms with Crippen molar-refractivity contribution in [2.24, 2.45) is 0 Å². The number of aromatic nitrogens is 1. The van der Waals surface area contributed by atoms with E-state index in [4.69, 9.17) is 27.9 Å². The number of halogens is 2. The Morgan fingerprint density at radius 3 is 2.08 bits per heavy atom. The van der Waals surface area contributed by atoms with Crippen LogP contribution in [-0.4, -0.2) is 79.4 Å². The molecule has 0 N–H and O–H groups in total. The Kier molecular flexibility index (Phi) is 5.97. The average molecular weight is 395 g/mol. The van der Waals surface area contributed by atoms with Crippen molar-refractivity contribution >= 4 is 33.4 Å². The lowest BCUT2D eigenvalue weighted by atomic mass is 10.2. The minimum atomic E-state index is -3.39. The molecule has 24 heavy (non-hydrogen) atoms. The van der Waals surface area contributed by atoms with Crippen LogP contribution in [0.2, 0.25) is 10.3 Å². The van der Waals surface area contributed by atoms with Crippen molar-refractivity contribution < 1.29 is 13.2 Å². The van der Waals surface area contributed by atoms with Gasteiger partial charge < -0.3 is 4.74 Å². The average Bonchev–Trinajstić information content (AvgIpc) is 2.55. The van der Waals surface area contributed by atoms with Crippen LogP contribution in [0.25, 0.3) is 0 Å². The summed E-state index contributed by atoms with van der Waals surface area (Å²) in [5.74, 6) is 0. The van der Waals surface area contributed by atoms with Gasteiger partial charge in [-0.05, 0) is 17.7 Å². The first-order valence-corrected chi connectivity index (χ1v) is 9.98. The molecule has 7 nitrogen and oxygen atoms in total. The molecule has 2 aliphatic rings. The molecular formula is C14H20Cl2N4O3S. The molecule has 0 bridgehead atoms. The molecule has 0 aromatic carbocycles. The minimum Gasteiger partial charge on any atom is -0.379 e. The van der Waals surface area contributed by atoms with Gasteiger partial charge in [-0.3, -0.25) is 4.90 Å². The SMILES string of the molecule is O=S(=O)(N1CCOCC1)N1CCN(Cc2cc(Cl)nc(Cl)c2)CC1. The van der Waals surface area contributed by atoms with E-state index >= 15 is 0 Å². The van der Waals surface area contributed by atoms with Gasteiger partial charge in [-0.25, -0.2) is 4.98 Å². The van der Waals surface area contributed by atoms with Gasteiger partial charge >= 0.3 is 0 Å². The monoisotopic (exact) mass is 394 g/mol. The fourth-order valence-electron chi connectivity index (χ4n) is 2.92. The number of hydrogen-bond acceptors (Lipinski definition) is 5. The Morgan fingerprint density at radius 2 is 1.50 bits per heavy atom. The topological polar surface area (TPSA) is 66.0 Å². The van der Waals surface area contributed by atoms with Crippen LogP contribution < -0.4 is 0 Å². The van der Waals surface area contributed by atoms with Crippen LogP contribution in [-0.2, 0) is 21.5 Å². The van der Waals surface area contributed by atoms with Crippen LogP contribution >= 0.6 is 23.2 Å². The fourth-order valence-corrected chi connectivity index (χ4v) is 4.99. The Bertz CT molecular complexity index is 654. The molecule has 3 heterocycles. The Labute approximate surface area is 152 Å². The molecule has 0 radical (unpaired) electrons. The smallest absolute Gasteiger partial charge is 0.282 e. The molecular weight excluding hydrogens is 375 g/mol. The highest BCUT2D eigenvalue weighted by Gasteiger charge is 2.33. The molecule has 2 saturated heterocycles. The largest absolute Gasteiger partial charge is 0.379 e. The van der Waals surface area contributed by atoms with Crippen molar-refractivity contribution in [2.45, 2.75) is 6.54 Å². The maximum absolute atomic E-state index is 12.6. The molecule has 10 heteroatoms. The molecule has 0 spiro atoms. The van der Waals surface area contributed by atoms with Gasteiger partial charge in [0.15, 0.2) is 0 Å². The number of piperazine rings is 1. The molecule has 0 saturated carbocycles. The summed E-state index contributed by atoms with van der Waals surface area (Å²) in [7, 11) is -3.39. The second kappa shape index (κ2) is 7.82. The Hall–Kier alpha value is -0.480. The van der Waals surface area contributed by atoms with Gasteiger partial charge in [0, 0.05) is 45.8 Å². The number of nitrogens with zero attached hydrogens (tertiary/aromatic N) is 4. The molecule has 2 aliphatic heterocycles. The van der Waals surface area contributed by atoms with E-state index in [0.29, 0.717) is 69.3 Å². The van der Waals surface area contributed by atoms with E-state index < -0.39 is 10.2 Å². The third kappa shape index (κ3) is 4.37. The van der Waals surface area contributed by atoms with Gasteiger partial charge in [0.1, 0.15) is 10.3 Å². The quantitative estimate of drug-likeness (QED) is 0.714. The number of rotatable bonds is 4. The maximum atomic E-state index is 12.6. The van der Waals surface area contributed by atoms with E-state index in [1.165, 1.54) is 4.31 Å². The van der Waals surface area contributed by atoms with Crippen LogP contribution in [0.15, 0.2) is 12.1 Å². The van der Waals surface area contributed by atoms with Gasteiger partial charge in [0.25, 0.3) is 10.2 Å². The highest BCUT2D eigenvalue weighted by atomic mass is 35.5. The van der Waals surface area contributed by atoms with Crippen molar-refractivity contribution in [3.8, 4) is 0 Å². The molecule has 0 atom stereocenters. The summed E-state index contributed by atoms with van der Waals surface area (Å²) in [5, 5.41) is 0.733. The molecule has 134 valence electrons. The lowest BCUT2D eigenvalue weighted by molar-refractivity contribution is 0.0684. The zero-order valence-corrected chi connectivity index (χ0v) is 15.5. The van der Waals surface area contributed by atoms with Gasteiger partial charge in [0.05, 0.1) is 13.2 Å². The summed E-state index contributed by atoms with van der Waals surface area (Å²) in [6.07, 6.45) is 0. The third-order valence-electron chi connectivity index (χ3n) is 4.18. The van der Waals surface area contributed by atoms with Crippen molar-refractivity contribution in [1.82, 2.24) is 18.5 Å². The van der Waals surface area contributed by atoms with Crippen molar-refractivity contribution in [3.05, 3.63) is 28.0 Å². The second-order valence-corrected chi connectivity index (χ2v) is 8.52. The molecule has 1 aromatic rings. The standard InChI is InChI=1S/C14H20Cl2N4O3S/c15-13-9-12(10-14(16)17-13)11-18-1-3-19(4-2-18)24(21,22)20-5-7-23-8-6-20/h9-10H,1-8,11H2. The van der Waals surface area contributed by atoms with E-state index in [0.717, 1.165) is 5.56 Å². The molecule has 3 rings (SSSR count). The molecule has 0 amide bonds. The van der Waals surface area contributed by atoms with Gasteiger partial charge in [-0.2, -0.15) is 17.0 Å². The highest BCUT2D eigenvalue weighted by Crippen LogP contribution is 2.18. The molecule has 0 aliphatic carbocycles. The summed E-state index contributed by atoms with van der Waals surface area (Å²) in [5.41, 5.74) is 0.976. The summed E-state index contributed by atoms with van der Waals surface area (Å²) >= 11 is 11.8. The fraction of sp³-hybridized carbons (Fsp3) is 0.643. The van der Waals surface area contributed by atoms with Crippen LogP contribution in [0.4, 0.5) is 0 Å². The normalized spacial score (nSPS) is 21.9. The van der Waals surface area contributed by atoms with Gasteiger partial charge in [-0.15, -0.1) is 0 Å². The summed E-state index contributed by atoms with van der Waals surface area (Å²) in [4.78, 5) is 6.12. The molecule has 1 aromatic heterocycles. The summed E-state index contributed by atoms with van der Waals surface area (Å²) in [6.45, 7) is 4.74. The molecule has 2 fully saturated rings. The Morgan fingerprint density at radius 1 is 0.958 bits per heavy atom. The van der Waals surface area contributed by atoms with Crippen LogP contribution in [0.1, 0.15) is 5.56 Å². The second-order valence-electron chi connectivity index (χ2n) is 5.82. The van der Waals surface area contributed by atoms with E-state index in [1.54, 1.807) is 16.4 Å². The van der Waals surface area contributed by atoms with Crippen molar-refractivity contribution in [1.29, 1.82) is 0 Å². The maximum Gasteiger partial charge on any atom is 0.282 e. The molecule has 0 unspecified atom stereocenters. The lowest BCUT2D eigenvalue weighted by Gasteiger charge is -2.37. The van der Waals surface area contributed by atoms with Crippen molar-refractivity contribution in [2.75, 3.05) is 52.5 Å². The number of ether oxygens (including phenoxy) is 1. The number of hydrogen-bond donors (Lipinski definition) is 0. The van der Waals surface area contributed by atoms with E-state index in [2.05, 4.69) is 9.88 Å². The minimum absolute atomic E-state index is 0.367. The van der Waals surface area contributed by atoms with E-state index in [9.17, 15) is 8.42 Å². The zero-order chi connectivity index (χ0) is 17.2. The first-order valence-electron chi connectivity index (χ1n) is 7.82. The predicted octanol–water partition coefficient (Wildman–Crippen LogP) is 1.08. The summed E-state index contributed by atoms with van der Waals surface area (Å²) in [6, 6.07) is 3.56. The van der Waals surface area contributed by atoms with Crippen LogP contribution in [0, 0.1) is 0 Å². The first kappa shape index (κ1) is 18.3. The van der Waals surface area contributed by atoms with Crippen LogP contribution in [0.5, 0.6) is 0 Å². The zero-order valence-electron chi connectivity index (χ0n) is 13.2. The number of pyridine rings is 1.